The van der Waals surface area contributed by atoms with Gasteiger partial charge in [-0.05, 0) is 83.5 Å². The van der Waals surface area contributed by atoms with Crippen molar-refractivity contribution >= 4 is 51.9 Å². The molecule has 1 atom stereocenters. The van der Waals surface area contributed by atoms with Gasteiger partial charge in [-0.25, -0.2) is 14.4 Å². The van der Waals surface area contributed by atoms with E-state index in [1.165, 1.54) is 4.57 Å². The molecule has 288 valence electrons. The minimum absolute atomic E-state index is 0.0366. The second kappa shape index (κ2) is 16.5. The summed E-state index contributed by atoms with van der Waals surface area (Å²) in [5.41, 5.74) is 3.91. The molecule has 0 spiro atoms. The molecule has 0 unspecified atom stereocenters. The van der Waals surface area contributed by atoms with Crippen molar-refractivity contribution in [3.8, 4) is 6.07 Å². The predicted molar refractivity (Wildman–Crippen MR) is 218 cm³/mol. The van der Waals surface area contributed by atoms with E-state index < -0.39 is 29.3 Å². The van der Waals surface area contributed by atoms with Gasteiger partial charge in [-0.3, -0.25) is 14.5 Å². The van der Waals surface area contributed by atoms with Crippen LogP contribution >= 0.6 is 11.6 Å². The Hall–Kier alpha value is -5.76. The summed E-state index contributed by atoms with van der Waals surface area (Å²) in [6.45, 7) is 11.6. The number of nitriles is 1. The molecule has 56 heavy (non-hydrogen) atoms. The number of hydrogen-bond donors (Lipinski definition) is 0. The number of aliphatic imine (C=N–C) groups is 1. The summed E-state index contributed by atoms with van der Waals surface area (Å²) in [5, 5.41) is 11.4. The number of hydrogen-bond acceptors (Lipinski definition) is 8. The second-order valence-corrected chi connectivity index (χ2v) is 16.4. The molecule has 0 bridgehead atoms. The van der Waals surface area contributed by atoms with Crippen LogP contribution in [0.4, 0.5) is 10.5 Å². The molecule has 1 saturated heterocycles. The molecule has 0 radical (unpaired) electrons. The molecule has 4 aromatic carbocycles. The van der Waals surface area contributed by atoms with Gasteiger partial charge in [-0.15, -0.1) is 0 Å². The number of benzene rings is 4. The molecule has 0 N–H and O–H groups in total. The highest BCUT2D eigenvalue weighted by Gasteiger charge is 2.36. The molecule has 2 heterocycles. The number of rotatable bonds is 9. The number of nitrogens with zero attached hydrogens (tertiary/aromatic N) is 5. The lowest BCUT2D eigenvalue weighted by Crippen LogP contribution is -2.56. The van der Waals surface area contributed by atoms with Gasteiger partial charge in [0, 0.05) is 46.9 Å². The number of esters is 1. The SMILES string of the molecule is CC(C)(C)OC(=O)C[C@H]1CN(Cc2cc3cc(Cl)ccc3n2C(=O)OC(C)(C)C)CC(=O)N1Cc1ccc(C#N)c(N=C(c2ccccc2)c2ccccc2)c1. The van der Waals surface area contributed by atoms with Crippen LogP contribution in [0.5, 0.6) is 0 Å². The third-order valence-corrected chi connectivity index (χ3v) is 9.31. The van der Waals surface area contributed by atoms with Crippen molar-refractivity contribution in [2.24, 2.45) is 4.99 Å². The summed E-state index contributed by atoms with van der Waals surface area (Å²) in [5.74, 6) is -0.628. The topological polar surface area (TPSA) is 117 Å². The maximum atomic E-state index is 14.2. The number of carbonyl (C=O) groups excluding carboxylic acids is 3. The highest BCUT2D eigenvalue weighted by molar-refractivity contribution is 6.31. The van der Waals surface area contributed by atoms with Gasteiger partial charge in [0.25, 0.3) is 0 Å². The molecule has 1 amide bonds. The molecule has 11 heteroatoms. The average molecular weight is 772 g/mol. The summed E-state index contributed by atoms with van der Waals surface area (Å²) in [6.07, 6.45) is -0.584. The van der Waals surface area contributed by atoms with E-state index in [1.54, 1.807) is 70.7 Å². The third-order valence-electron chi connectivity index (χ3n) is 9.07. The Bertz CT molecular complexity index is 2280. The van der Waals surface area contributed by atoms with Gasteiger partial charge in [-0.2, -0.15) is 5.26 Å². The number of amides is 1. The first-order valence-corrected chi connectivity index (χ1v) is 18.9. The standard InChI is InChI=1S/C45H46ClN5O5/c1-44(2,3)55-41(53)24-36-27-49(28-37-23-34-22-35(46)19-20-39(34)51(37)43(54)56-45(4,5)6)29-40(52)50(36)26-30-17-18-33(25-47)38(21-30)48-42(31-13-9-7-10-14-31)32-15-11-8-12-16-32/h7-23,36H,24,26-29H2,1-6H3/t36-/m0/s1. The Morgan fingerprint density at radius 2 is 1.48 bits per heavy atom. The molecule has 5 aromatic rings. The maximum absolute atomic E-state index is 14.2. The molecule has 6 rings (SSSR count). The Morgan fingerprint density at radius 3 is 2.09 bits per heavy atom. The Labute approximate surface area is 332 Å². The zero-order valence-electron chi connectivity index (χ0n) is 32.6. The monoisotopic (exact) mass is 771 g/mol. The zero-order valence-corrected chi connectivity index (χ0v) is 33.3. The Balaban J connectivity index is 1.33. The molecule has 0 saturated carbocycles. The van der Waals surface area contributed by atoms with Crippen LogP contribution in [-0.4, -0.2) is 68.4 Å². The van der Waals surface area contributed by atoms with Gasteiger partial charge in [0.15, 0.2) is 0 Å². The quantitative estimate of drug-likeness (QED) is 0.108. The Kier molecular flexibility index (Phi) is 11.8. The highest BCUT2D eigenvalue weighted by atomic mass is 35.5. The van der Waals surface area contributed by atoms with Gasteiger partial charge in [0.05, 0.1) is 41.5 Å². The number of carbonyl (C=O) groups is 3. The predicted octanol–water partition coefficient (Wildman–Crippen LogP) is 9.06. The van der Waals surface area contributed by atoms with E-state index in [-0.39, 0.29) is 32.0 Å². The summed E-state index contributed by atoms with van der Waals surface area (Å²) in [6, 6.07) is 33.8. The van der Waals surface area contributed by atoms with E-state index in [9.17, 15) is 19.6 Å². The fraction of sp³-hybridized carbons (Fsp3) is 0.311. The third kappa shape index (κ3) is 9.91. The van der Waals surface area contributed by atoms with Crippen LogP contribution in [0, 0.1) is 11.3 Å². The number of fused-ring (bicyclic) bond motifs is 1. The average Bonchev–Trinajstić information content (AvgIpc) is 3.48. The van der Waals surface area contributed by atoms with Crippen molar-refractivity contribution in [3.63, 3.8) is 0 Å². The molecule has 1 aromatic heterocycles. The maximum Gasteiger partial charge on any atom is 0.419 e. The van der Waals surface area contributed by atoms with E-state index in [0.29, 0.717) is 39.7 Å². The number of piperazine rings is 1. The van der Waals surface area contributed by atoms with Crippen LogP contribution in [-0.2, 0) is 32.2 Å². The first-order valence-electron chi connectivity index (χ1n) is 18.6. The van der Waals surface area contributed by atoms with Crippen LogP contribution in [0.15, 0.2) is 108 Å². The van der Waals surface area contributed by atoms with E-state index in [1.807, 2.05) is 83.8 Å². The smallest absolute Gasteiger partial charge is 0.419 e. The first kappa shape index (κ1) is 39.9. The number of aromatic nitrogens is 1. The Morgan fingerprint density at radius 1 is 0.839 bits per heavy atom. The van der Waals surface area contributed by atoms with Crippen molar-refractivity contribution in [2.75, 3.05) is 13.1 Å². The second-order valence-electron chi connectivity index (χ2n) is 15.9. The lowest BCUT2D eigenvalue weighted by atomic mass is 10.0. The summed E-state index contributed by atoms with van der Waals surface area (Å²) >= 11 is 6.33. The normalized spacial score (nSPS) is 15.0. The van der Waals surface area contributed by atoms with Crippen LogP contribution in [0.25, 0.3) is 10.9 Å². The summed E-state index contributed by atoms with van der Waals surface area (Å²) in [4.78, 5) is 49.8. The number of halogens is 1. The minimum Gasteiger partial charge on any atom is -0.460 e. The van der Waals surface area contributed by atoms with Crippen molar-refractivity contribution in [1.82, 2.24) is 14.4 Å². The van der Waals surface area contributed by atoms with Crippen molar-refractivity contribution < 1.29 is 23.9 Å². The van der Waals surface area contributed by atoms with Crippen LogP contribution in [0.1, 0.15) is 75.9 Å². The van der Waals surface area contributed by atoms with Gasteiger partial charge >= 0.3 is 12.1 Å². The van der Waals surface area contributed by atoms with Crippen LogP contribution in [0.3, 0.4) is 0 Å². The molecule has 1 fully saturated rings. The van der Waals surface area contributed by atoms with Gasteiger partial charge in [0.1, 0.15) is 17.3 Å². The number of ether oxygens (including phenoxy) is 2. The van der Waals surface area contributed by atoms with Crippen LogP contribution in [0.2, 0.25) is 5.02 Å². The first-order chi connectivity index (χ1) is 26.6. The molecular weight excluding hydrogens is 726 g/mol. The molecular formula is C45H46ClN5O5. The largest absolute Gasteiger partial charge is 0.460 e. The highest BCUT2D eigenvalue weighted by Crippen LogP contribution is 2.29. The molecule has 10 nitrogen and oxygen atoms in total. The van der Waals surface area contributed by atoms with E-state index in [4.69, 9.17) is 26.1 Å². The molecule has 1 aliphatic rings. The fourth-order valence-electron chi connectivity index (χ4n) is 6.81. The van der Waals surface area contributed by atoms with Crippen molar-refractivity contribution in [1.29, 1.82) is 5.26 Å². The van der Waals surface area contributed by atoms with Crippen molar-refractivity contribution in [2.45, 2.75) is 78.3 Å². The molecule has 0 aliphatic carbocycles. The van der Waals surface area contributed by atoms with E-state index in [0.717, 1.165) is 22.1 Å². The van der Waals surface area contributed by atoms with E-state index >= 15 is 0 Å². The lowest BCUT2D eigenvalue weighted by molar-refractivity contribution is -0.158. The van der Waals surface area contributed by atoms with Crippen molar-refractivity contribution in [3.05, 3.63) is 136 Å². The summed E-state index contributed by atoms with van der Waals surface area (Å²) < 4.78 is 13.0. The van der Waals surface area contributed by atoms with Gasteiger partial charge < -0.3 is 14.4 Å². The molecule has 1 aliphatic heterocycles. The fourth-order valence-corrected chi connectivity index (χ4v) is 7.00. The minimum atomic E-state index is -0.737. The zero-order chi connectivity index (χ0) is 40.2. The van der Waals surface area contributed by atoms with Gasteiger partial charge in [0.2, 0.25) is 5.91 Å². The van der Waals surface area contributed by atoms with Gasteiger partial charge in [-0.1, -0.05) is 78.3 Å². The lowest BCUT2D eigenvalue weighted by Gasteiger charge is -2.41. The van der Waals surface area contributed by atoms with Crippen LogP contribution < -0.4 is 0 Å². The van der Waals surface area contributed by atoms with E-state index in [2.05, 4.69) is 6.07 Å². The summed E-state index contributed by atoms with van der Waals surface area (Å²) in [7, 11) is 0.